The van der Waals surface area contributed by atoms with Gasteiger partial charge in [-0.25, -0.2) is 4.98 Å². The van der Waals surface area contributed by atoms with Gasteiger partial charge in [0.05, 0.1) is 22.6 Å². The summed E-state index contributed by atoms with van der Waals surface area (Å²) < 4.78 is 6.06. The molecule has 0 bridgehead atoms. The largest absolute Gasteiger partial charge is 0.377 e. The first kappa shape index (κ1) is 15.3. The lowest BCUT2D eigenvalue weighted by Crippen LogP contribution is -2.44. The molecule has 2 saturated heterocycles. The number of hydrogen-bond acceptors (Lipinski definition) is 5. The summed E-state index contributed by atoms with van der Waals surface area (Å²) in [6, 6.07) is 3.85. The molecule has 122 valence electrons. The van der Waals surface area contributed by atoms with Gasteiger partial charge < -0.3 is 9.64 Å². The molecule has 1 amide bonds. The van der Waals surface area contributed by atoms with E-state index in [2.05, 4.69) is 10.4 Å². The van der Waals surface area contributed by atoms with Gasteiger partial charge in [-0.2, -0.15) is 0 Å². The zero-order valence-corrected chi connectivity index (χ0v) is 14.7. The minimum absolute atomic E-state index is 0.178. The molecule has 0 aromatic carbocycles. The Morgan fingerprint density at radius 2 is 2.39 bits per heavy atom. The summed E-state index contributed by atoms with van der Waals surface area (Å²) in [6.45, 7) is 4.48. The van der Waals surface area contributed by atoms with E-state index in [1.165, 1.54) is 16.3 Å². The summed E-state index contributed by atoms with van der Waals surface area (Å²) in [7, 11) is 0. The third-order valence-corrected chi connectivity index (χ3v) is 6.70. The molecule has 2 aromatic heterocycles. The fourth-order valence-electron chi connectivity index (χ4n) is 3.71. The van der Waals surface area contributed by atoms with E-state index in [4.69, 9.17) is 4.74 Å². The van der Waals surface area contributed by atoms with E-state index in [9.17, 15) is 4.79 Å². The maximum atomic E-state index is 12.5. The third-order valence-electron chi connectivity index (χ3n) is 4.86. The van der Waals surface area contributed by atoms with E-state index in [0.29, 0.717) is 11.8 Å². The first-order valence-corrected chi connectivity index (χ1v) is 9.82. The first-order valence-electron chi connectivity index (χ1n) is 8.06. The van der Waals surface area contributed by atoms with E-state index < -0.39 is 0 Å². The molecule has 2 fully saturated rings. The van der Waals surface area contributed by atoms with Crippen LogP contribution >= 0.6 is 22.7 Å². The van der Waals surface area contributed by atoms with Crippen molar-refractivity contribution in [3.8, 4) is 0 Å². The molecular formula is C17H20N2O2S2. The number of thiophene rings is 1. The predicted octanol–water partition coefficient (Wildman–Crippen LogP) is 3.23. The highest BCUT2D eigenvalue weighted by Crippen LogP contribution is 2.36. The molecule has 4 heterocycles. The fourth-order valence-corrected chi connectivity index (χ4v) is 5.21. The highest BCUT2D eigenvalue weighted by atomic mass is 32.1. The van der Waals surface area contributed by atoms with Crippen LogP contribution in [0.2, 0.25) is 0 Å². The van der Waals surface area contributed by atoms with Crippen LogP contribution in [0, 0.1) is 18.8 Å². The van der Waals surface area contributed by atoms with Gasteiger partial charge in [0.1, 0.15) is 0 Å². The lowest BCUT2D eigenvalue weighted by molar-refractivity contribution is 0.0616. The van der Waals surface area contributed by atoms with Crippen molar-refractivity contribution in [1.82, 2.24) is 9.88 Å². The molecule has 0 aliphatic carbocycles. The van der Waals surface area contributed by atoms with Crippen molar-refractivity contribution in [2.75, 3.05) is 19.7 Å². The Bertz CT molecular complexity index is 683. The molecule has 4 rings (SSSR count). The molecule has 2 aromatic rings. The van der Waals surface area contributed by atoms with Crippen LogP contribution in [0.3, 0.4) is 0 Å². The number of piperidine rings is 1. The maximum absolute atomic E-state index is 12.5. The molecular weight excluding hydrogens is 328 g/mol. The van der Waals surface area contributed by atoms with Gasteiger partial charge in [-0.05, 0) is 30.7 Å². The molecule has 0 N–H and O–H groups in total. The maximum Gasteiger partial charge on any atom is 0.263 e. The number of nitrogens with zero attached hydrogens (tertiary/aromatic N) is 2. The third kappa shape index (κ3) is 3.07. The fraction of sp³-hybridized carbons (Fsp3) is 0.529. The van der Waals surface area contributed by atoms with Gasteiger partial charge in [-0.15, -0.1) is 22.7 Å². The molecule has 2 aliphatic rings. The quantitative estimate of drug-likeness (QED) is 0.855. The molecule has 4 nitrogen and oxygen atoms in total. The average Bonchev–Trinajstić information content (AvgIpc) is 3.28. The minimum atomic E-state index is 0.178. The van der Waals surface area contributed by atoms with Gasteiger partial charge in [0.25, 0.3) is 5.91 Å². The van der Waals surface area contributed by atoms with Gasteiger partial charge in [0, 0.05) is 36.5 Å². The Hall–Kier alpha value is -1.24. The van der Waals surface area contributed by atoms with E-state index in [1.807, 2.05) is 29.3 Å². The summed E-state index contributed by atoms with van der Waals surface area (Å²) in [5.74, 6) is 1.21. The zero-order chi connectivity index (χ0) is 15.8. The summed E-state index contributed by atoms with van der Waals surface area (Å²) in [5, 5.41) is 5.24. The van der Waals surface area contributed by atoms with Crippen LogP contribution in [0.25, 0.3) is 0 Å². The van der Waals surface area contributed by atoms with Crippen LogP contribution in [0.4, 0.5) is 0 Å². The van der Waals surface area contributed by atoms with Crippen LogP contribution in [0.1, 0.15) is 26.8 Å². The summed E-state index contributed by atoms with van der Waals surface area (Å²) >= 11 is 3.25. The number of aromatic nitrogens is 1. The number of carbonyl (C=O) groups is 1. The number of aryl methyl sites for hydroxylation is 1. The minimum Gasteiger partial charge on any atom is -0.377 e. The molecule has 2 aliphatic heterocycles. The zero-order valence-electron chi connectivity index (χ0n) is 13.1. The van der Waals surface area contributed by atoms with Crippen molar-refractivity contribution in [2.45, 2.75) is 25.9 Å². The number of carbonyl (C=O) groups excluding carboxylic acids is 1. The monoisotopic (exact) mass is 348 g/mol. The Morgan fingerprint density at radius 1 is 1.48 bits per heavy atom. The van der Waals surface area contributed by atoms with Crippen LogP contribution in [0.15, 0.2) is 22.9 Å². The van der Waals surface area contributed by atoms with Crippen LogP contribution in [0.5, 0.6) is 0 Å². The number of thiazole rings is 1. The molecule has 23 heavy (non-hydrogen) atoms. The number of likely N-dealkylation sites (tertiary alicyclic amines) is 1. The van der Waals surface area contributed by atoms with Crippen molar-refractivity contribution in [3.05, 3.63) is 38.5 Å². The van der Waals surface area contributed by atoms with Gasteiger partial charge in [-0.3, -0.25) is 4.79 Å². The Balaban J connectivity index is 1.39. The van der Waals surface area contributed by atoms with Crippen molar-refractivity contribution in [1.29, 1.82) is 0 Å². The van der Waals surface area contributed by atoms with E-state index in [1.54, 1.807) is 11.3 Å². The number of hydrogen-bond donors (Lipinski definition) is 0. The normalized spacial score (nSPS) is 27.2. The van der Waals surface area contributed by atoms with Crippen molar-refractivity contribution >= 4 is 28.6 Å². The van der Waals surface area contributed by atoms with Crippen LogP contribution in [-0.4, -0.2) is 41.6 Å². The number of ether oxygens (including phenoxy) is 1. The Labute approximate surface area is 144 Å². The summed E-state index contributed by atoms with van der Waals surface area (Å²) in [4.78, 5) is 19.9. The van der Waals surface area contributed by atoms with Crippen molar-refractivity contribution in [2.24, 2.45) is 11.8 Å². The van der Waals surface area contributed by atoms with E-state index in [-0.39, 0.29) is 12.0 Å². The highest BCUT2D eigenvalue weighted by molar-refractivity contribution is 7.12. The predicted molar refractivity (Wildman–Crippen MR) is 92.1 cm³/mol. The second-order valence-electron chi connectivity index (χ2n) is 6.40. The van der Waals surface area contributed by atoms with Crippen LogP contribution < -0.4 is 0 Å². The summed E-state index contributed by atoms with van der Waals surface area (Å²) in [6.07, 6.45) is 2.22. The molecule has 6 heteroatoms. The van der Waals surface area contributed by atoms with Gasteiger partial charge in [0.2, 0.25) is 0 Å². The topological polar surface area (TPSA) is 42.4 Å². The second kappa shape index (κ2) is 6.34. The SMILES string of the molecule is Cc1csc(C[C@@H]2OC[C@@H]3CN(C(=O)c4cccs4)CC[C@@H]32)n1. The number of fused-ring (bicyclic) bond motifs is 1. The van der Waals surface area contributed by atoms with Crippen molar-refractivity contribution < 1.29 is 9.53 Å². The van der Waals surface area contributed by atoms with Crippen molar-refractivity contribution in [3.63, 3.8) is 0 Å². The van der Waals surface area contributed by atoms with Crippen LogP contribution in [-0.2, 0) is 11.2 Å². The smallest absolute Gasteiger partial charge is 0.263 e. The lowest BCUT2D eigenvalue weighted by atomic mass is 9.83. The standard InChI is InChI=1S/C17H20N2O2S2/c1-11-10-23-16(18-11)7-14-13-4-5-19(8-12(13)9-21-14)17(20)15-3-2-6-22-15/h2-3,6,10,12-14H,4-5,7-9H2,1H3/t12-,13-,14-/m0/s1. The Morgan fingerprint density at radius 3 is 3.13 bits per heavy atom. The highest BCUT2D eigenvalue weighted by Gasteiger charge is 2.42. The number of rotatable bonds is 3. The van der Waals surface area contributed by atoms with Gasteiger partial charge >= 0.3 is 0 Å². The van der Waals surface area contributed by atoms with Gasteiger partial charge in [0.15, 0.2) is 0 Å². The first-order chi connectivity index (χ1) is 11.2. The molecule has 0 saturated carbocycles. The molecule has 0 spiro atoms. The second-order valence-corrected chi connectivity index (χ2v) is 8.29. The molecule has 0 radical (unpaired) electrons. The molecule has 0 unspecified atom stereocenters. The average molecular weight is 348 g/mol. The number of amides is 1. The Kier molecular flexibility index (Phi) is 4.22. The van der Waals surface area contributed by atoms with E-state index in [0.717, 1.165) is 43.1 Å². The van der Waals surface area contributed by atoms with Gasteiger partial charge in [-0.1, -0.05) is 6.07 Å². The molecule has 3 atom stereocenters. The summed E-state index contributed by atoms with van der Waals surface area (Å²) in [5.41, 5.74) is 1.09. The lowest BCUT2D eigenvalue weighted by Gasteiger charge is -2.35. The van der Waals surface area contributed by atoms with E-state index >= 15 is 0 Å².